The zero-order valence-corrected chi connectivity index (χ0v) is 13.0. The van der Waals surface area contributed by atoms with Crippen LogP contribution in [0.5, 0.6) is 0 Å². The maximum atomic E-state index is 5.71. The molecule has 0 aromatic heterocycles. The molecule has 2 aromatic carbocycles. The second-order valence-corrected chi connectivity index (χ2v) is 6.42. The van der Waals surface area contributed by atoms with Crippen LogP contribution in [0.1, 0.15) is 5.56 Å². The van der Waals surface area contributed by atoms with Gasteiger partial charge < -0.3 is 5.73 Å². The summed E-state index contributed by atoms with van der Waals surface area (Å²) in [5.74, 6) is 0.928. The first kappa shape index (κ1) is 13.0. The molecule has 2 aromatic rings. The van der Waals surface area contributed by atoms with E-state index in [2.05, 4.69) is 50.1 Å². The third kappa shape index (κ3) is 3.76. The number of nitrogens with two attached hydrogens (primary N) is 1. The molecule has 88 valence electrons. The van der Waals surface area contributed by atoms with E-state index in [1.54, 1.807) is 11.8 Å². The van der Waals surface area contributed by atoms with Crippen molar-refractivity contribution in [3.05, 3.63) is 57.0 Å². The summed E-state index contributed by atoms with van der Waals surface area (Å²) >= 11 is 8.81. The van der Waals surface area contributed by atoms with Crippen molar-refractivity contribution in [2.45, 2.75) is 10.6 Å². The average Bonchev–Trinajstić information content (AvgIpc) is 2.28. The van der Waals surface area contributed by atoms with Gasteiger partial charge in [0.1, 0.15) is 0 Å². The molecule has 2 rings (SSSR count). The molecule has 0 bridgehead atoms. The quantitative estimate of drug-likeness (QED) is 0.600. The molecule has 0 aliphatic heterocycles. The largest absolute Gasteiger partial charge is 0.399 e. The van der Waals surface area contributed by atoms with Crippen LogP contribution in [0.15, 0.2) is 56.3 Å². The van der Waals surface area contributed by atoms with E-state index < -0.39 is 0 Å². The van der Waals surface area contributed by atoms with Gasteiger partial charge in [-0.3, -0.25) is 0 Å². The van der Waals surface area contributed by atoms with E-state index in [4.69, 9.17) is 5.73 Å². The van der Waals surface area contributed by atoms with Crippen LogP contribution in [-0.2, 0) is 5.75 Å². The van der Waals surface area contributed by atoms with E-state index in [1.165, 1.54) is 10.5 Å². The summed E-state index contributed by atoms with van der Waals surface area (Å²) in [6.45, 7) is 0. The van der Waals surface area contributed by atoms with Crippen molar-refractivity contribution >= 4 is 49.3 Å². The summed E-state index contributed by atoms with van der Waals surface area (Å²) in [5.41, 5.74) is 7.75. The highest BCUT2D eigenvalue weighted by Gasteiger charge is 2.02. The minimum atomic E-state index is 0.785. The fourth-order valence-electron chi connectivity index (χ4n) is 1.40. The first-order valence-electron chi connectivity index (χ1n) is 5.07. The normalized spacial score (nSPS) is 10.5. The lowest BCUT2D eigenvalue weighted by Crippen LogP contribution is -1.88. The van der Waals surface area contributed by atoms with E-state index in [1.807, 2.05) is 24.3 Å². The molecule has 0 unspecified atom stereocenters. The van der Waals surface area contributed by atoms with Gasteiger partial charge in [0, 0.05) is 25.3 Å². The van der Waals surface area contributed by atoms with Crippen LogP contribution < -0.4 is 5.73 Å². The van der Waals surface area contributed by atoms with E-state index in [0.717, 1.165) is 20.4 Å². The average molecular weight is 373 g/mol. The molecule has 2 N–H and O–H groups in total. The molecule has 0 radical (unpaired) electrons. The fraction of sp³-hybridized carbons (Fsp3) is 0.0769. The molecule has 0 amide bonds. The second kappa shape index (κ2) is 5.94. The summed E-state index contributed by atoms with van der Waals surface area (Å²) in [7, 11) is 0. The van der Waals surface area contributed by atoms with Gasteiger partial charge in [-0.15, -0.1) is 11.8 Å². The molecule has 0 atom stereocenters. The molecule has 4 heteroatoms. The number of nitrogen functional groups attached to an aromatic ring is 1. The number of benzene rings is 2. The lowest BCUT2D eigenvalue weighted by atomic mass is 10.2. The van der Waals surface area contributed by atoms with Crippen LogP contribution in [0.3, 0.4) is 0 Å². The van der Waals surface area contributed by atoms with Crippen LogP contribution in [0.25, 0.3) is 0 Å². The summed E-state index contributed by atoms with van der Waals surface area (Å²) in [6, 6.07) is 14.2. The fourth-order valence-corrected chi connectivity index (χ4v) is 3.63. The number of anilines is 1. The minimum absolute atomic E-state index is 0.785. The molecule has 17 heavy (non-hydrogen) atoms. The van der Waals surface area contributed by atoms with Crippen molar-refractivity contribution in [2.24, 2.45) is 0 Å². The zero-order valence-electron chi connectivity index (χ0n) is 8.99. The Kier molecular flexibility index (Phi) is 4.54. The van der Waals surface area contributed by atoms with Gasteiger partial charge in [0.25, 0.3) is 0 Å². The Hall–Kier alpha value is -0.450. The molecule has 1 nitrogen and oxygen atoms in total. The molecule has 0 aliphatic carbocycles. The first-order chi connectivity index (χ1) is 8.15. The van der Waals surface area contributed by atoms with Gasteiger partial charge in [0.2, 0.25) is 0 Å². The van der Waals surface area contributed by atoms with Gasteiger partial charge in [0.05, 0.1) is 0 Å². The molecule has 0 heterocycles. The summed E-state index contributed by atoms with van der Waals surface area (Å²) in [4.78, 5) is 1.25. The highest BCUT2D eigenvalue weighted by Crippen LogP contribution is 2.29. The molecule has 0 saturated carbocycles. The maximum absolute atomic E-state index is 5.71. The van der Waals surface area contributed by atoms with Gasteiger partial charge >= 0.3 is 0 Å². The van der Waals surface area contributed by atoms with Crippen LogP contribution in [0.4, 0.5) is 5.69 Å². The van der Waals surface area contributed by atoms with Crippen LogP contribution in [0.2, 0.25) is 0 Å². The smallest absolute Gasteiger partial charge is 0.0325 e. The van der Waals surface area contributed by atoms with Crippen molar-refractivity contribution in [2.75, 3.05) is 5.73 Å². The molecular weight excluding hydrogens is 362 g/mol. The van der Waals surface area contributed by atoms with E-state index in [9.17, 15) is 0 Å². The van der Waals surface area contributed by atoms with Crippen LogP contribution in [-0.4, -0.2) is 0 Å². The Morgan fingerprint density at radius 1 is 1.06 bits per heavy atom. The third-order valence-electron chi connectivity index (χ3n) is 2.27. The van der Waals surface area contributed by atoms with Gasteiger partial charge in [0.15, 0.2) is 0 Å². The Morgan fingerprint density at radius 2 is 1.88 bits per heavy atom. The minimum Gasteiger partial charge on any atom is -0.399 e. The Bertz CT molecular complexity index is 529. The maximum Gasteiger partial charge on any atom is 0.0325 e. The van der Waals surface area contributed by atoms with Gasteiger partial charge in [-0.05, 0) is 35.9 Å². The third-order valence-corrected chi connectivity index (χ3v) is 4.54. The van der Waals surface area contributed by atoms with E-state index in [0.29, 0.717) is 0 Å². The Labute approximate surface area is 122 Å². The number of thioether (sulfide) groups is 1. The second-order valence-electron chi connectivity index (χ2n) is 3.60. The lowest BCUT2D eigenvalue weighted by molar-refractivity contribution is 1.35. The number of hydrogen-bond donors (Lipinski definition) is 1. The van der Waals surface area contributed by atoms with Gasteiger partial charge in [-0.1, -0.05) is 44.0 Å². The lowest BCUT2D eigenvalue weighted by Gasteiger charge is -2.06. The van der Waals surface area contributed by atoms with E-state index in [-0.39, 0.29) is 0 Å². The predicted octanol–water partition coefficient (Wildman–Crippen LogP) is 5.09. The first-order valence-corrected chi connectivity index (χ1v) is 7.64. The topological polar surface area (TPSA) is 26.0 Å². The van der Waals surface area contributed by atoms with E-state index >= 15 is 0 Å². The number of rotatable bonds is 3. The highest BCUT2D eigenvalue weighted by molar-refractivity contribution is 9.10. The van der Waals surface area contributed by atoms with Crippen molar-refractivity contribution < 1.29 is 0 Å². The number of hydrogen-bond acceptors (Lipinski definition) is 2. The Balaban J connectivity index is 2.07. The zero-order chi connectivity index (χ0) is 12.3. The van der Waals surface area contributed by atoms with Crippen LogP contribution in [0, 0.1) is 0 Å². The SMILES string of the molecule is Nc1ccc(CSc2cccc(Br)c2)c(Br)c1. The summed E-state index contributed by atoms with van der Waals surface area (Å²) < 4.78 is 2.18. The Morgan fingerprint density at radius 3 is 2.59 bits per heavy atom. The highest BCUT2D eigenvalue weighted by atomic mass is 79.9. The summed E-state index contributed by atoms with van der Waals surface area (Å²) in [6.07, 6.45) is 0. The standard InChI is InChI=1S/C13H11Br2NS/c14-10-2-1-3-12(6-10)17-8-9-4-5-11(16)7-13(9)15/h1-7H,8,16H2. The number of halogens is 2. The van der Waals surface area contributed by atoms with Gasteiger partial charge in [-0.2, -0.15) is 0 Å². The monoisotopic (exact) mass is 371 g/mol. The molecular formula is C13H11Br2NS. The molecule has 0 fully saturated rings. The molecule has 0 saturated heterocycles. The van der Waals surface area contributed by atoms with Crippen LogP contribution >= 0.6 is 43.6 Å². The van der Waals surface area contributed by atoms with Crippen molar-refractivity contribution in [1.29, 1.82) is 0 Å². The van der Waals surface area contributed by atoms with Crippen molar-refractivity contribution in [3.8, 4) is 0 Å². The summed E-state index contributed by atoms with van der Waals surface area (Å²) in [5, 5.41) is 0. The predicted molar refractivity (Wildman–Crippen MR) is 82.3 cm³/mol. The molecule has 0 spiro atoms. The van der Waals surface area contributed by atoms with Crippen molar-refractivity contribution in [1.82, 2.24) is 0 Å². The van der Waals surface area contributed by atoms with Crippen molar-refractivity contribution in [3.63, 3.8) is 0 Å². The molecule has 0 aliphatic rings. The van der Waals surface area contributed by atoms with Gasteiger partial charge in [-0.25, -0.2) is 0 Å².